The lowest BCUT2D eigenvalue weighted by Gasteiger charge is -2.34. The number of allylic oxidation sites excluding steroid dienone is 15. The summed E-state index contributed by atoms with van der Waals surface area (Å²) in [6.07, 6.45) is 33.3. The first kappa shape index (κ1) is 73.6. The molecule has 4 heterocycles. The molecule has 0 saturated heterocycles. The largest absolute Gasteiger partial charge is 0.316 e. The number of rotatable bonds is 16. The molecule has 0 spiro atoms. The van der Waals surface area contributed by atoms with Crippen molar-refractivity contribution < 1.29 is 0 Å². The maximum atomic E-state index is 5.08. The first-order valence-electron chi connectivity index (χ1n) is 32.1. The fourth-order valence-corrected chi connectivity index (χ4v) is 10.9. The van der Waals surface area contributed by atoms with Crippen LogP contribution in [0.1, 0.15) is 163 Å². The number of amidine groups is 2. The van der Waals surface area contributed by atoms with Crippen LogP contribution in [0, 0.1) is 13.8 Å². The fraction of sp³-hybridized carbons (Fsp3) is 0.293. The number of hydrogen-bond acceptors (Lipinski definition) is 4. The molecule has 2 aromatic heterocycles. The predicted octanol–water partition coefficient (Wildman–Crippen LogP) is 21.2. The summed E-state index contributed by atoms with van der Waals surface area (Å²) in [5, 5.41) is 0. The maximum absolute atomic E-state index is 5.08. The van der Waals surface area contributed by atoms with E-state index in [0.29, 0.717) is 29.5 Å². The number of aryl methyl sites for hydroxylation is 2. The Morgan fingerprint density at radius 2 is 1.21 bits per heavy atom. The SMILES string of the molecule is C=C(N=C(N=C(C)C1=CC=CCC=C1)c1ccccc1)c1ccc(-n2c(C)cc3c2C(C)N(C)CC3)cc1.C=C/C=C\C(=C/C)CC=CC(N=C(N=C)c1ccccc1)c1ccc(-n2c(C)cc3c2C(C)N(CCC)CC3)cc1.C=CC.C=CC.C=CC.CC. The molecule has 0 saturated carbocycles. The van der Waals surface area contributed by atoms with Gasteiger partial charge in [-0.25, -0.2) is 15.0 Å². The van der Waals surface area contributed by atoms with Crippen LogP contribution in [-0.2, 0) is 12.8 Å². The zero-order chi connectivity index (χ0) is 66.0. The van der Waals surface area contributed by atoms with E-state index in [9.17, 15) is 0 Å². The van der Waals surface area contributed by atoms with Crippen LogP contribution in [0.5, 0.6) is 0 Å². The van der Waals surface area contributed by atoms with Gasteiger partial charge in [-0.1, -0.05) is 204 Å². The molecule has 6 aromatic rings. The van der Waals surface area contributed by atoms with Gasteiger partial charge in [0.1, 0.15) is 0 Å². The molecule has 472 valence electrons. The number of benzene rings is 4. The van der Waals surface area contributed by atoms with Crippen molar-refractivity contribution in [2.75, 3.05) is 26.7 Å². The molecular formula is C82H104N8. The van der Waals surface area contributed by atoms with Crippen molar-refractivity contribution in [1.82, 2.24) is 18.9 Å². The van der Waals surface area contributed by atoms with Crippen LogP contribution >= 0.6 is 0 Å². The zero-order valence-corrected chi connectivity index (χ0v) is 56.8. The van der Waals surface area contributed by atoms with Gasteiger partial charge in [-0.2, -0.15) is 0 Å². The normalized spacial score (nSPS) is 16.0. The molecule has 90 heavy (non-hydrogen) atoms. The first-order chi connectivity index (χ1) is 43.7. The Labute approximate surface area is 543 Å². The summed E-state index contributed by atoms with van der Waals surface area (Å²) in [5.41, 5.74) is 18.6. The van der Waals surface area contributed by atoms with Crippen molar-refractivity contribution >= 4 is 29.8 Å². The van der Waals surface area contributed by atoms with E-state index in [1.807, 2.05) is 108 Å². The Kier molecular flexibility index (Phi) is 32.7. The molecule has 3 aliphatic rings. The van der Waals surface area contributed by atoms with Crippen LogP contribution in [0.4, 0.5) is 0 Å². The molecule has 0 amide bonds. The lowest BCUT2D eigenvalue weighted by Crippen LogP contribution is -2.35. The van der Waals surface area contributed by atoms with E-state index in [1.54, 1.807) is 24.3 Å². The van der Waals surface area contributed by atoms with Crippen molar-refractivity contribution in [2.45, 2.75) is 133 Å². The summed E-state index contributed by atoms with van der Waals surface area (Å²) >= 11 is 0. The Morgan fingerprint density at radius 1 is 0.678 bits per heavy atom. The first-order valence-corrected chi connectivity index (χ1v) is 32.1. The molecule has 9 rings (SSSR count). The van der Waals surface area contributed by atoms with Gasteiger partial charge < -0.3 is 9.13 Å². The van der Waals surface area contributed by atoms with Crippen LogP contribution in [0.25, 0.3) is 17.1 Å². The standard InChI is InChI=1S/C37H44N4.C34H36N4.3C3H6.C2H6/c1-7-10-15-30(9-3)16-14-19-35(39-37(38-6)32-17-12-11-13-18-32)31-20-22-34(23-21-31)41-28(4)27-33-24-26-40(25-8-2)29(5)36(33)41;1-24-23-31-21-22-37(5)27(4)33(31)38(24)32-19-17-29(18-20-32)26(3)36-34(30-15-11-8-12-16-30)35-25(2)28-13-9-6-7-10-14-28;3*1-3-2;1-2/h7,9-15,17-23,27,29,35H,1,6,8,16,24-26H2,2-5H3;6,8-20,23,27H,3,7,21-22H2,1-2,4-5H3;3*3H,1H2,2H3;1-2H3/b15-10-,19-14?,30-9+,39-37?;;;;;. The number of fused-ring (bicyclic) bond motifs is 2. The highest BCUT2D eigenvalue weighted by Gasteiger charge is 2.29. The average molecular weight is 1200 g/mol. The van der Waals surface area contributed by atoms with Gasteiger partial charge in [0.15, 0.2) is 11.7 Å². The maximum Gasteiger partial charge on any atom is 0.160 e. The van der Waals surface area contributed by atoms with Crippen LogP contribution in [-0.4, -0.2) is 69.7 Å². The number of likely N-dealkylation sites (N-methyl/N-ethyl adjacent to an activating group) is 1. The second-order valence-electron chi connectivity index (χ2n) is 21.9. The Balaban J connectivity index is 0.000000332. The summed E-state index contributed by atoms with van der Waals surface area (Å²) in [6, 6.07) is 42.9. The van der Waals surface area contributed by atoms with Gasteiger partial charge in [0.2, 0.25) is 0 Å². The number of aromatic nitrogens is 2. The molecule has 3 unspecified atom stereocenters. The average Bonchev–Trinajstić information content (AvgIpc) is 1.64. The summed E-state index contributed by atoms with van der Waals surface area (Å²) < 4.78 is 4.85. The summed E-state index contributed by atoms with van der Waals surface area (Å²) in [6.45, 7) is 50.5. The molecule has 2 aliphatic heterocycles. The second-order valence-corrected chi connectivity index (χ2v) is 21.9. The van der Waals surface area contributed by atoms with E-state index in [1.165, 1.54) is 57.3 Å². The molecule has 1 aliphatic carbocycles. The van der Waals surface area contributed by atoms with Crippen LogP contribution in [0.2, 0.25) is 0 Å². The third-order valence-electron chi connectivity index (χ3n) is 15.4. The monoisotopic (exact) mass is 1200 g/mol. The van der Waals surface area contributed by atoms with Crippen LogP contribution in [0.15, 0.2) is 270 Å². The molecule has 0 N–H and O–H groups in total. The molecule has 0 fully saturated rings. The molecule has 8 nitrogen and oxygen atoms in total. The number of aliphatic imine (C=N–C) groups is 4. The van der Waals surface area contributed by atoms with Crippen molar-refractivity contribution in [2.24, 2.45) is 20.0 Å². The van der Waals surface area contributed by atoms with Gasteiger partial charge in [-0.15, -0.1) is 19.7 Å². The lowest BCUT2D eigenvalue weighted by molar-refractivity contribution is 0.193. The number of nitrogens with zero attached hydrogens (tertiary/aromatic N) is 8. The lowest BCUT2D eigenvalue weighted by atomic mass is 10.00. The van der Waals surface area contributed by atoms with Gasteiger partial charge >= 0.3 is 0 Å². The van der Waals surface area contributed by atoms with Gasteiger partial charge in [0, 0.05) is 76.2 Å². The topological polar surface area (TPSA) is 65.8 Å². The molecule has 8 heteroatoms. The molecule has 0 bridgehead atoms. The van der Waals surface area contributed by atoms with Gasteiger partial charge in [0.25, 0.3) is 0 Å². The third-order valence-corrected chi connectivity index (χ3v) is 15.4. The van der Waals surface area contributed by atoms with Crippen molar-refractivity contribution in [3.05, 3.63) is 307 Å². The molecule has 3 atom stereocenters. The third kappa shape index (κ3) is 21.2. The quantitative estimate of drug-likeness (QED) is 0.0419. The van der Waals surface area contributed by atoms with E-state index in [2.05, 4.69) is 227 Å². The van der Waals surface area contributed by atoms with E-state index < -0.39 is 0 Å². The summed E-state index contributed by atoms with van der Waals surface area (Å²) in [7, 11) is 2.21. The highest BCUT2D eigenvalue weighted by Crippen LogP contribution is 2.36. The van der Waals surface area contributed by atoms with E-state index in [4.69, 9.17) is 15.0 Å². The summed E-state index contributed by atoms with van der Waals surface area (Å²) in [4.78, 5) is 24.3. The zero-order valence-electron chi connectivity index (χ0n) is 56.8. The Morgan fingerprint density at radius 3 is 1.74 bits per heavy atom. The van der Waals surface area contributed by atoms with E-state index in [0.717, 1.165) is 78.9 Å². The van der Waals surface area contributed by atoms with Gasteiger partial charge in [-0.3, -0.25) is 14.8 Å². The van der Waals surface area contributed by atoms with E-state index in [-0.39, 0.29) is 6.04 Å². The highest BCUT2D eigenvalue weighted by molar-refractivity contribution is 6.13. The smallest absolute Gasteiger partial charge is 0.160 e. The molecular weight excluding hydrogens is 1100 g/mol. The second kappa shape index (κ2) is 39.9. The Hall–Kier alpha value is -8.82. The van der Waals surface area contributed by atoms with Gasteiger partial charge in [-0.05, 0) is 185 Å². The van der Waals surface area contributed by atoms with E-state index >= 15 is 0 Å². The highest BCUT2D eigenvalue weighted by atomic mass is 15.2. The van der Waals surface area contributed by atoms with Crippen molar-refractivity contribution in [1.29, 1.82) is 0 Å². The summed E-state index contributed by atoms with van der Waals surface area (Å²) in [5.74, 6) is 1.30. The van der Waals surface area contributed by atoms with Crippen molar-refractivity contribution in [3.8, 4) is 11.4 Å². The fourth-order valence-electron chi connectivity index (χ4n) is 10.9. The minimum Gasteiger partial charge on any atom is -0.316 e. The number of hydrogen-bond donors (Lipinski definition) is 0. The minimum absolute atomic E-state index is 0.190. The predicted molar refractivity (Wildman–Crippen MR) is 397 cm³/mol. The van der Waals surface area contributed by atoms with Crippen LogP contribution in [0.3, 0.4) is 0 Å². The van der Waals surface area contributed by atoms with Crippen LogP contribution < -0.4 is 0 Å². The van der Waals surface area contributed by atoms with Crippen molar-refractivity contribution in [3.63, 3.8) is 0 Å². The van der Waals surface area contributed by atoms with Gasteiger partial charge in [0.05, 0.1) is 11.7 Å². The Bertz CT molecular complexity index is 3510. The minimum atomic E-state index is -0.190. The molecule has 0 radical (unpaired) electrons. The molecule has 4 aromatic carbocycles.